The third-order valence-corrected chi connectivity index (χ3v) is 3.86. The van der Waals surface area contributed by atoms with E-state index >= 15 is 0 Å². The van der Waals surface area contributed by atoms with E-state index < -0.39 is 0 Å². The molecule has 0 bridgehead atoms. The molecule has 0 spiro atoms. The summed E-state index contributed by atoms with van der Waals surface area (Å²) in [5.74, 6) is 0.813. The van der Waals surface area contributed by atoms with Crippen molar-refractivity contribution in [3.63, 3.8) is 0 Å². The van der Waals surface area contributed by atoms with Crippen LogP contribution >= 0.6 is 0 Å². The molecule has 1 fully saturated rings. The van der Waals surface area contributed by atoms with Crippen LogP contribution in [-0.2, 0) is 0 Å². The van der Waals surface area contributed by atoms with Gasteiger partial charge in [0.2, 0.25) is 0 Å². The average Bonchev–Trinajstić information content (AvgIpc) is 2.50. The molecule has 3 rings (SSSR count). The fourth-order valence-electron chi connectivity index (χ4n) is 2.73. The summed E-state index contributed by atoms with van der Waals surface area (Å²) in [5, 5.41) is 10.0. The third-order valence-electron chi connectivity index (χ3n) is 3.86. The van der Waals surface area contributed by atoms with Gasteiger partial charge >= 0.3 is 0 Å². The third kappa shape index (κ3) is 2.45. The molecule has 2 aromatic rings. The first kappa shape index (κ1) is 12.9. The van der Waals surface area contributed by atoms with Crippen LogP contribution in [0.5, 0.6) is 5.75 Å². The van der Waals surface area contributed by atoms with Gasteiger partial charge in [-0.3, -0.25) is 4.98 Å². The minimum Gasteiger partial charge on any atom is -0.490 e. The van der Waals surface area contributed by atoms with Crippen molar-refractivity contribution in [2.75, 3.05) is 0 Å². The van der Waals surface area contributed by atoms with Crippen LogP contribution in [0.3, 0.4) is 0 Å². The molecule has 102 valence electrons. The molecule has 1 saturated carbocycles. The van der Waals surface area contributed by atoms with Crippen molar-refractivity contribution in [3.8, 4) is 11.8 Å². The number of benzene rings is 1. The lowest BCUT2D eigenvalue weighted by atomic mass is 9.93. The van der Waals surface area contributed by atoms with Crippen LogP contribution in [0.1, 0.15) is 31.2 Å². The normalized spacial score (nSPS) is 22.4. The zero-order valence-corrected chi connectivity index (χ0v) is 11.2. The molecule has 0 saturated heterocycles. The van der Waals surface area contributed by atoms with Gasteiger partial charge in [0.15, 0.2) is 0 Å². The van der Waals surface area contributed by atoms with Gasteiger partial charge in [-0.25, -0.2) is 0 Å². The second-order valence-corrected chi connectivity index (χ2v) is 5.28. The van der Waals surface area contributed by atoms with E-state index in [-0.39, 0.29) is 6.10 Å². The lowest BCUT2D eigenvalue weighted by Crippen LogP contribution is -2.31. The summed E-state index contributed by atoms with van der Waals surface area (Å²) in [5.41, 5.74) is 7.21. The van der Waals surface area contributed by atoms with E-state index in [2.05, 4.69) is 11.1 Å². The quantitative estimate of drug-likeness (QED) is 0.908. The van der Waals surface area contributed by atoms with Crippen LogP contribution in [-0.4, -0.2) is 17.1 Å². The summed E-state index contributed by atoms with van der Waals surface area (Å²) in [6.45, 7) is 0. The van der Waals surface area contributed by atoms with E-state index in [0.29, 0.717) is 17.1 Å². The van der Waals surface area contributed by atoms with Gasteiger partial charge in [0.05, 0.1) is 17.2 Å². The second-order valence-electron chi connectivity index (χ2n) is 5.28. The van der Waals surface area contributed by atoms with Gasteiger partial charge in [-0.05, 0) is 49.9 Å². The van der Waals surface area contributed by atoms with Gasteiger partial charge in [0, 0.05) is 17.6 Å². The summed E-state index contributed by atoms with van der Waals surface area (Å²) >= 11 is 0. The van der Waals surface area contributed by atoms with Crippen LogP contribution in [0.4, 0.5) is 0 Å². The van der Waals surface area contributed by atoms with Crippen molar-refractivity contribution in [3.05, 3.63) is 36.0 Å². The first-order chi connectivity index (χ1) is 9.78. The number of ether oxygens (including phenoxy) is 1. The topological polar surface area (TPSA) is 71.9 Å². The van der Waals surface area contributed by atoms with Crippen LogP contribution in [0.15, 0.2) is 30.5 Å². The predicted octanol–water partition coefficient (Wildman–Crippen LogP) is 2.76. The zero-order chi connectivity index (χ0) is 13.9. The van der Waals surface area contributed by atoms with Crippen molar-refractivity contribution in [2.24, 2.45) is 5.73 Å². The number of nitrogens with zero attached hydrogens (tertiary/aromatic N) is 2. The molecule has 0 radical (unpaired) electrons. The van der Waals surface area contributed by atoms with Crippen molar-refractivity contribution >= 4 is 10.9 Å². The maximum absolute atomic E-state index is 9.13. The Morgan fingerprint density at radius 2 is 2.00 bits per heavy atom. The van der Waals surface area contributed by atoms with Gasteiger partial charge < -0.3 is 10.5 Å². The summed E-state index contributed by atoms with van der Waals surface area (Å²) in [4.78, 5) is 4.30. The van der Waals surface area contributed by atoms with Crippen LogP contribution in [0.25, 0.3) is 10.9 Å². The standard InChI is InChI=1S/C16H17N3O/c17-10-11-3-8-15(14-2-1-9-19-16(11)14)20-13-6-4-12(18)5-7-13/h1-3,8-9,12-13H,4-7,18H2. The Bertz CT molecular complexity index is 654. The largest absolute Gasteiger partial charge is 0.490 e. The molecule has 0 unspecified atom stereocenters. The minimum atomic E-state index is 0.214. The summed E-state index contributed by atoms with van der Waals surface area (Å²) < 4.78 is 6.11. The van der Waals surface area contributed by atoms with E-state index in [1.54, 1.807) is 12.3 Å². The molecular formula is C16H17N3O. The van der Waals surface area contributed by atoms with Gasteiger partial charge in [0.1, 0.15) is 11.8 Å². The molecule has 1 aliphatic rings. The molecular weight excluding hydrogens is 250 g/mol. The van der Waals surface area contributed by atoms with Crippen LogP contribution in [0, 0.1) is 11.3 Å². The molecule has 20 heavy (non-hydrogen) atoms. The van der Waals surface area contributed by atoms with E-state index in [0.717, 1.165) is 36.8 Å². The summed E-state index contributed by atoms with van der Waals surface area (Å²) in [6.07, 6.45) is 5.92. The van der Waals surface area contributed by atoms with Gasteiger partial charge in [-0.15, -0.1) is 0 Å². The number of fused-ring (bicyclic) bond motifs is 1. The monoisotopic (exact) mass is 267 g/mol. The highest BCUT2D eigenvalue weighted by Gasteiger charge is 2.20. The minimum absolute atomic E-state index is 0.214. The first-order valence-electron chi connectivity index (χ1n) is 6.98. The second kappa shape index (κ2) is 5.48. The van der Waals surface area contributed by atoms with Crippen LogP contribution in [0.2, 0.25) is 0 Å². The van der Waals surface area contributed by atoms with Gasteiger partial charge in [-0.2, -0.15) is 5.26 Å². The fraction of sp³-hybridized carbons (Fsp3) is 0.375. The summed E-state index contributed by atoms with van der Waals surface area (Å²) in [7, 11) is 0. The first-order valence-corrected chi connectivity index (χ1v) is 6.98. The molecule has 1 aromatic heterocycles. The van der Waals surface area contributed by atoms with Crippen molar-refractivity contribution in [1.82, 2.24) is 4.98 Å². The molecule has 4 heteroatoms. The maximum atomic E-state index is 9.13. The number of rotatable bonds is 2. The number of hydrogen-bond donors (Lipinski definition) is 1. The van der Waals surface area contributed by atoms with E-state index in [4.69, 9.17) is 15.7 Å². The Balaban J connectivity index is 1.91. The summed E-state index contributed by atoms with van der Waals surface area (Å²) in [6, 6.07) is 9.95. The fourth-order valence-corrected chi connectivity index (χ4v) is 2.73. The highest BCUT2D eigenvalue weighted by Crippen LogP contribution is 2.30. The Morgan fingerprint density at radius 3 is 2.75 bits per heavy atom. The molecule has 1 aliphatic carbocycles. The van der Waals surface area contributed by atoms with Crippen LogP contribution < -0.4 is 10.5 Å². The van der Waals surface area contributed by atoms with E-state index in [1.807, 2.05) is 18.2 Å². The predicted molar refractivity (Wildman–Crippen MR) is 77.3 cm³/mol. The number of hydrogen-bond acceptors (Lipinski definition) is 4. The smallest absolute Gasteiger partial charge is 0.129 e. The molecule has 1 heterocycles. The lowest BCUT2D eigenvalue weighted by Gasteiger charge is -2.27. The molecule has 0 atom stereocenters. The maximum Gasteiger partial charge on any atom is 0.129 e. The Hall–Kier alpha value is -2.12. The Kier molecular flexibility index (Phi) is 3.53. The number of nitriles is 1. The van der Waals surface area contributed by atoms with E-state index in [9.17, 15) is 0 Å². The van der Waals surface area contributed by atoms with E-state index in [1.165, 1.54) is 0 Å². The highest BCUT2D eigenvalue weighted by atomic mass is 16.5. The SMILES string of the molecule is N#Cc1ccc(OC2CCC(N)CC2)c2cccnc12. The Morgan fingerprint density at radius 1 is 1.20 bits per heavy atom. The lowest BCUT2D eigenvalue weighted by molar-refractivity contribution is 0.149. The molecule has 0 aliphatic heterocycles. The number of nitrogens with two attached hydrogens (primary N) is 1. The molecule has 0 amide bonds. The van der Waals surface area contributed by atoms with Gasteiger partial charge in [-0.1, -0.05) is 0 Å². The number of aromatic nitrogens is 1. The number of pyridine rings is 1. The van der Waals surface area contributed by atoms with Gasteiger partial charge in [0.25, 0.3) is 0 Å². The van der Waals surface area contributed by atoms with Crippen molar-refractivity contribution in [1.29, 1.82) is 5.26 Å². The molecule has 2 N–H and O–H groups in total. The zero-order valence-electron chi connectivity index (χ0n) is 11.2. The molecule has 4 nitrogen and oxygen atoms in total. The van der Waals surface area contributed by atoms with Crippen molar-refractivity contribution < 1.29 is 4.74 Å². The Labute approximate surface area is 118 Å². The average molecular weight is 267 g/mol. The van der Waals surface area contributed by atoms with Crippen molar-refractivity contribution in [2.45, 2.75) is 37.8 Å². The molecule has 1 aromatic carbocycles. The highest BCUT2D eigenvalue weighted by molar-refractivity contribution is 5.89.